The lowest BCUT2D eigenvalue weighted by Crippen LogP contribution is -2.25. The second-order valence-electron chi connectivity index (χ2n) is 5.37. The molecule has 0 spiro atoms. The molecule has 5 nitrogen and oxygen atoms in total. The highest BCUT2D eigenvalue weighted by atomic mass is 19.1. The molecule has 126 valence electrons. The first kappa shape index (κ1) is 16.6. The Morgan fingerprint density at radius 2 is 1.96 bits per heavy atom. The number of hydrogen-bond acceptors (Lipinski definition) is 3. The van der Waals surface area contributed by atoms with Crippen molar-refractivity contribution < 1.29 is 9.18 Å². The second-order valence-corrected chi connectivity index (χ2v) is 5.37. The van der Waals surface area contributed by atoms with Crippen LogP contribution in [-0.2, 0) is 11.3 Å². The van der Waals surface area contributed by atoms with E-state index in [1.807, 2.05) is 18.3 Å². The molecule has 0 radical (unpaired) electrons. The molecule has 0 fully saturated rings. The Bertz CT molecular complexity index is 874. The van der Waals surface area contributed by atoms with Gasteiger partial charge >= 0.3 is 0 Å². The SMILES string of the molecule is O=C(/C=C/c1ccccc1F)NCCn1cc(-c2ccncc2)cn1. The van der Waals surface area contributed by atoms with Gasteiger partial charge in [0.15, 0.2) is 0 Å². The largest absolute Gasteiger partial charge is 0.351 e. The van der Waals surface area contributed by atoms with Gasteiger partial charge < -0.3 is 5.32 Å². The molecule has 0 unspecified atom stereocenters. The number of benzene rings is 1. The van der Waals surface area contributed by atoms with E-state index in [0.29, 0.717) is 18.7 Å². The van der Waals surface area contributed by atoms with E-state index in [4.69, 9.17) is 0 Å². The molecule has 0 atom stereocenters. The lowest BCUT2D eigenvalue weighted by Gasteiger charge is -2.03. The average Bonchev–Trinajstić information content (AvgIpc) is 3.11. The lowest BCUT2D eigenvalue weighted by molar-refractivity contribution is -0.116. The van der Waals surface area contributed by atoms with Crippen LogP contribution in [0.3, 0.4) is 0 Å². The Balaban J connectivity index is 1.49. The van der Waals surface area contributed by atoms with E-state index in [1.165, 1.54) is 18.2 Å². The van der Waals surface area contributed by atoms with Crippen molar-refractivity contribution >= 4 is 12.0 Å². The molecule has 0 saturated carbocycles. The van der Waals surface area contributed by atoms with Crippen LogP contribution in [-0.4, -0.2) is 27.2 Å². The van der Waals surface area contributed by atoms with Crippen LogP contribution >= 0.6 is 0 Å². The maximum Gasteiger partial charge on any atom is 0.244 e. The summed E-state index contributed by atoms with van der Waals surface area (Å²) in [5, 5.41) is 7.02. The number of carbonyl (C=O) groups excluding carboxylic acids is 1. The Labute approximate surface area is 144 Å². The predicted octanol–water partition coefficient (Wildman–Crippen LogP) is 2.91. The van der Waals surface area contributed by atoms with E-state index < -0.39 is 0 Å². The molecule has 25 heavy (non-hydrogen) atoms. The van der Waals surface area contributed by atoms with E-state index in [2.05, 4.69) is 15.4 Å². The molecule has 3 rings (SSSR count). The fourth-order valence-electron chi connectivity index (χ4n) is 2.31. The zero-order valence-electron chi connectivity index (χ0n) is 13.5. The van der Waals surface area contributed by atoms with Crippen LogP contribution in [0.1, 0.15) is 5.56 Å². The standard InChI is InChI=1S/C19H17FN4O/c20-18-4-2-1-3-16(18)5-6-19(25)22-11-12-24-14-17(13-23-24)15-7-9-21-10-8-15/h1-10,13-14H,11-12H2,(H,22,25)/b6-5+. The van der Waals surface area contributed by atoms with Crippen molar-refractivity contribution in [1.82, 2.24) is 20.1 Å². The van der Waals surface area contributed by atoms with Crippen molar-refractivity contribution in [3.63, 3.8) is 0 Å². The molecule has 0 bridgehead atoms. The van der Waals surface area contributed by atoms with Crippen LogP contribution in [0.5, 0.6) is 0 Å². The summed E-state index contributed by atoms with van der Waals surface area (Å²) in [5.41, 5.74) is 2.41. The number of hydrogen-bond donors (Lipinski definition) is 1. The first-order chi connectivity index (χ1) is 12.2. The minimum absolute atomic E-state index is 0.273. The summed E-state index contributed by atoms with van der Waals surface area (Å²) in [4.78, 5) is 15.8. The van der Waals surface area contributed by atoms with Gasteiger partial charge in [-0.25, -0.2) is 4.39 Å². The molecular weight excluding hydrogens is 319 g/mol. The van der Waals surface area contributed by atoms with Gasteiger partial charge in [-0.1, -0.05) is 18.2 Å². The number of nitrogens with one attached hydrogen (secondary N) is 1. The van der Waals surface area contributed by atoms with E-state index in [9.17, 15) is 9.18 Å². The number of pyridine rings is 1. The number of carbonyl (C=O) groups is 1. The molecular formula is C19H17FN4O. The van der Waals surface area contributed by atoms with Gasteiger partial charge in [-0.05, 0) is 29.8 Å². The molecule has 0 saturated heterocycles. The minimum atomic E-state index is -0.355. The average molecular weight is 336 g/mol. The van der Waals surface area contributed by atoms with E-state index in [0.717, 1.165) is 11.1 Å². The fourth-order valence-corrected chi connectivity index (χ4v) is 2.31. The van der Waals surface area contributed by atoms with E-state index >= 15 is 0 Å². The zero-order valence-corrected chi connectivity index (χ0v) is 13.5. The summed E-state index contributed by atoms with van der Waals surface area (Å²) in [5.74, 6) is -0.628. The molecule has 0 aliphatic rings. The Hall–Kier alpha value is -3.28. The van der Waals surface area contributed by atoms with Crippen LogP contribution < -0.4 is 5.32 Å². The third-order valence-electron chi connectivity index (χ3n) is 3.61. The van der Waals surface area contributed by atoms with Crippen molar-refractivity contribution in [2.24, 2.45) is 0 Å². The monoisotopic (exact) mass is 336 g/mol. The molecule has 2 heterocycles. The van der Waals surface area contributed by atoms with Crippen LogP contribution in [0.4, 0.5) is 4.39 Å². The summed E-state index contributed by atoms with van der Waals surface area (Å²) in [6, 6.07) is 10.1. The summed E-state index contributed by atoms with van der Waals surface area (Å²) in [6.07, 6.45) is 9.93. The Morgan fingerprint density at radius 1 is 1.16 bits per heavy atom. The first-order valence-corrected chi connectivity index (χ1v) is 7.86. The highest BCUT2D eigenvalue weighted by Gasteiger charge is 2.02. The van der Waals surface area contributed by atoms with Gasteiger partial charge in [-0.3, -0.25) is 14.5 Å². The van der Waals surface area contributed by atoms with Gasteiger partial charge in [0.1, 0.15) is 5.82 Å². The number of nitrogens with zero attached hydrogens (tertiary/aromatic N) is 3. The summed E-state index contributed by atoms with van der Waals surface area (Å²) in [6.45, 7) is 0.974. The van der Waals surface area contributed by atoms with Crippen LogP contribution in [0.2, 0.25) is 0 Å². The normalized spacial score (nSPS) is 10.9. The van der Waals surface area contributed by atoms with Crippen molar-refractivity contribution in [3.05, 3.63) is 78.6 Å². The third-order valence-corrected chi connectivity index (χ3v) is 3.61. The molecule has 1 aromatic carbocycles. The second kappa shape index (κ2) is 8.01. The van der Waals surface area contributed by atoms with E-state index in [1.54, 1.807) is 41.5 Å². The molecule has 1 N–H and O–H groups in total. The van der Waals surface area contributed by atoms with Gasteiger partial charge in [-0.2, -0.15) is 5.10 Å². The van der Waals surface area contributed by atoms with Crippen LogP contribution in [0, 0.1) is 5.82 Å². The van der Waals surface area contributed by atoms with Gasteiger partial charge in [0.05, 0.1) is 12.7 Å². The molecule has 0 aliphatic carbocycles. The number of aromatic nitrogens is 3. The Morgan fingerprint density at radius 3 is 2.76 bits per heavy atom. The van der Waals surface area contributed by atoms with Crippen molar-refractivity contribution in [3.8, 4) is 11.1 Å². The topological polar surface area (TPSA) is 59.8 Å². The summed E-state index contributed by atoms with van der Waals surface area (Å²) in [7, 11) is 0. The first-order valence-electron chi connectivity index (χ1n) is 7.86. The predicted molar refractivity (Wildman–Crippen MR) is 93.9 cm³/mol. The Kier molecular flexibility index (Phi) is 5.31. The zero-order chi connectivity index (χ0) is 17.5. The smallest absolute Gasteiger partial charge is 0.244 e. The molecule has 3 aromatic rings. The van der Waals surface area contributed by atoms with Gasteiger partial charge in [0.25, 0.3) is 0 Å². The number of amides is 1. The molecule has 2 aromatic heterocycles. The summed E-state index contributed by atoms with van der Waals surface area (Å²) < 4.78 is 15.2. The highest BCUT2D eigenvalue weighted by Crippen LogP contribution is 2.16. The van der Waals surface area contributed by atoms with Crippen LogP contribution in [0.25, 0.3) is 17.2 Å². The number of rotatable bonds is 6. The fraction of sp³-hybridized carbons (Fsp3) is 0.105. The minimum Gasteiger partial charge on any atom is -0.351 e. The third kappa shape index (κ3) is 4.60. The van der Waals surface area contributed by atoms with Crippen molar-refractivity contribution in [2.45, 2.75) is 6.54 Å². The van der Waals surface area contributed by atoms with Gasteiger partial charge in [0, 0.05) is 42.3 Å². The maximum absolute atomic E-state index is 13.5. The molecule has 1 amide bonds. The van der Waals surface area contributed by atoms with Gasteiger partial charge in [-0.15, -0.1) is 0 Å². The van der Waals surface area contributed by atoms with Crippen LogP contribution in [0.15, 0.2) is 67.3 Å². The highest BCUT2D eigenvalue weighted by molar-refractivity contribution is 5.91. The molecule has 6 heteroatoms. The quantitative estimate of drug-likeness (QED) is 0.704. The van der Waals surface area contributed by atoms with E-state index in [-0.39, 0.29) is 11.7 Å². The maximum atomic E-state index is 13.5. The number of halogens is 1. The molecule has 0 aliphatic heterocycles. The van der Waals surface area contributed by atoms with Gasteiger partial charge in [0.2, 0.25) is 5.91 Å². The van der Waals surface area contributed by atoms with Crippen molar-refractivity contribution in [2.75, 3.05) is 6.54 Å². The van der Waals surface area contributed by atoms with Crippen molar-refractivity contribution in [1.29, 1.82) is 0 Å². The lowest BCUT2D eigenvalue weighted by atomic mass is 10.1. The summed E-state index contributed by atoms with van der Waals surface area (Å²) >= 11 is 0.